The quantitative estimate of drug-likeness (QED) is 0.348. The highest BCUT2D eigenvalue weighted by Gasteiger charge is 2.04. The van der Waals surface area contributed by atoms with Crippen molar-refractivity contribution in [2.24, 2.45) is 12.0 Å². The topological polar surface area (TPSA) is 84.9 Å². The molecule has 9 heteroatoms. The van der Waals surface area contributed by atoms with Gasteiger partial charge in [0.25, 0.3) is 0 Å². The lowest BCUT2D eigenvalue weighted by Gasteiger charge is -2.10. The van der Waals surface area contributed by atoms with E-state index in [-0.39, 0.29) is 24.0 Å². The van der Waals surface area contributed by atoms with Crippen LogP contribution < -0.4 is 10.6 Å². The van der Waals surface area contributed by atoms with E-state index in [0.29, 0.717) is 19.0 Å². The maximum Gasteiger partial charge on any atom is 0.191 e. The van der Waals surface area contributed by atoms with Gasteiger partial charge < -0.3 is 10.6 Å². The molecule has 0 saturated carbocycles. The van der Waals surface area contributed by atoms with E-state index in [1.165, 1.54) is 6.33 Å². The summed E-state index contributed by atoms with van der Waals surface area (Å²) in [5.74, 6) is 1.54. The van der Waals surface area contributed by atoms with Crippen LogP contribution in [0.2, 0.25) is 0 Å². The van der Waals surface area contributed by atoms with Crippen molar-refractivity contribution in [3.05, 3.63) is 60.4 Å². The van der Waals surface area contributed by atoms with Crippen LogP contribution in [0.3, 0.4) is 0 Å². The Balaban J connectivity index is 0.00000225. The molecular weight excluding hydrogens is 431 g/mol. The molecule has 3 aromatic rings. The molecule has 0 radical (unpaired) electrons. The number of guanidine groups is 1. The first-order valence-electron chi connectivity index (χ1n) is 7.62. The van der Waals surface area contributed by atoms with Gasteiger partial charge in [0.2, 0.25) is 0 Å². The molecule has 0 fully saturated rings. The van der Waals surface area contributed by atoms with Crippen molar-refractivity contribution in [2.45, 2.75) is 13.1 Å². The Morgan fingerprint density at radius 3 is 2.56 bits per heavy atom. The number of hydrogen-bond acceptors (Lipinski definition) is 4. The molecule has 0 saturated heterocycles. The van der Waals surface area contributed by atoms with E-state index in [4.69, 9.17) is 0 Å². The monoisotopic (exact) mass is 452 g/mol. The number of nitrogens with zero attached hydrogens (tertiary/aromatic N) is 6. The number of aliphatic imine (C=N–C) groups is 1. The fourth-order valence-electron chi connectivity index (χ4n) is 2.22. The summed E-state index contributed by atoms with van der Waals surface area (Å²) in [6, 6.07) is 10.0. The van der Waals surface area contributed by atoms with E-state index in [9.17, 15) is 0 Å². The minimum absolute atomic E-state index is 0. The predicted octanol–water partition coefficient (Wildman–Crippen LogP) is 1.48. The molecule has 0 spiro atoms. The van der Waals surface area contributed by atoms with Crippen LogP contribution in [-0.2, 0) is 20.1 Å². The second-order valence-corrected chi connectivity index (χ2v) is 5.21. The molecule has 3 rings (SSSR count). The smallest absolute Gasteiger partial charge is 0.191 e. The first kappa shape index (κ1) is 18.9. The second-order valence-electron chi connectivity index (χ2n) is 5.21. The molecule has 0 amide bonds. The van der Waals surface area contributed by atoms with Crippen LogP contribution in [0.1, 0.15) is 11.4 Å². The molecule has 2 aromatic heterocycles. The molecular formula is C16H21IN8. The Hall–Kier alpha value is -2.43. The Bertz CT molecular complexity index is 808. The third-order valence-corrected chi connectivity index (χ3v) is 3.56. The van der Waals surface area contributed by atoms with Crippen LogP contribution in [0.15, 0.2) is 54.0 Å². The van der Waals surface area contributed by atoms with Crippen molar-refractivity contribution < 1.29 is 0 Å². The van der Waals surface area contributed by atoms with E-state index in [0.717, 1.165) is 17.1 Å². The first-order chi connectivity index (χ1) is 11.8. The summed E-state index contributed by atoms with van der Waals surface area (Å²) in [6.45, 7) is 1.19. The molecule has 0 aliphatic heterocycles. The van der Waals surface area contributed by atoms with Crippen LogP contribution in [0, 0.1) is 0 Å². The molecule has 0 atom stereocenters. The van der Waals surface area contributed by atoms with Gasteiger partial charge in [0.1, 0.15) is 12.2 Å². The highest BCUT2D eigenvalue weighted by Crippen LogP contribution is 2.07. The van der Waals surface area contributed by atoms with E-state index in [2.05, 4.69) is 30.8 Å². The SMILES string of the molecule is CN=C(NCc1cnn(-c2ccccc2)c1)NCc1ncnn1C.I. The van der Waals surface area contributed by atoms with Crippen molar-refractivity contribution in [1.82, 2.24) is 35.2 Å². The fraction of sp³-hybridized carbons (Fsp3) is 0.250. The Kier molecular flexibility index (Phi) is 6.92. The fourth-order valence-corrected chi connectivity index (χ4v) is 2.22. The molecule has 132 valence electrons. The van der Waals surface area contributed by atoms with E-state index in [1.807, 2.05) is 54.5 Å². The van der Waals surface area contributed by atoms with E-state index < -0.39 is 0 Å². The average molecular weight is 452 g/mol. The van der Waals surface area contributed by atoms with Crippen molar-refractivity contribution in [3.63, 3.8) is 0 Å². The van der Waals surface area contributed by atoms with Crippen molar-refractivity contribution in [1.29, 1.82) is 0 Å². The maximum atomic E-state index is 4.38. The number of hydrogen-bond donors (Lipinski definition) is 2. The van der Waals surface area contributed by atoms with Gasteiger partial charge in [0.05, 0.1) is 18.4 Å². The lowest BCUT2D eigenvalue weighted by Crippen LogP contribution is -2.36. The number of para-hydroxylation sites is 1. The van der Waals surface area contributed by atoms with Gasteiger partial charge in [-0.25, -0.2) is 9.67 Å². The van der Waals surface area contributed by atoms with Gasteiger partial charge in [-0.3, -0.25) is 9.67 Å². The number of aryl methyl sites for hydroxylation is 1. The summed E-state index contributed by atoms with van der Waals surface area (Å²) in [5.41, 5.74) is 2.11. The minimum atomic E-state index is 0. The largest absolute Gasteiger partial charge is 0.352 e. The van der Waals surface area contributed by atoms with Gasteiger partial charge in [-0.05, 0) is 12.1 Å². The highest BCUT2D eigenvalue weighted by atomic mass is 127. The molecule has 0 bridgehead atoms. The van der Waals surface area contributed by atoms with Crippen molar-refractivity contribution in [2.75, 3.05) is 7.05 Å². The Morgan fingerprint density at radius 2 is 1.88 bits per heavy atom. The zero-order valence-electron chi connectivity index (χ0n) is 14.1. The molecule has 2 N–H and O–H groups in total. The lowest BCUT2D eigenvalue weighted by atomic mass is 10.3. The molecule has 0 aliphatic rings. The molecule has 2 heterocycles. The summed E-state index contributed by atoms with van der Waals surface area (Å²) in [6.07, 6.45) is 5.37. The van der Waals surface area contributed by atoms with Crippen molar-refractivity contribution in [3.8, 4) is 5.69 Å². The van der Waals surface area contributed by atoms with Gasteiger partial charge >= 0.3 is 0 Å². The van der Waals surface area contributed by atoms with Gasteiger partial charge in [0.15, 0.2) is 5.96 Å². The first-order valence-corrected chi connectivity index (χ1v) is 7.62. The van der Waals surface area contributed by atoms with Crippen LogP contribution >= 0.6 is 24.0 Å². The molecule has 25 heavy (non-hydrogen) atoms. The van der Waals surface area contributed by atoms with Gasteiger partial charge in [-0.1, -0.05) is 18.2 Å². The molecule has 1 aromatic carbocycles. The highest BCUT2D eigenvalue weighted by molar-refractivity contribution is 14.0. The number of nitrogens with one attached hydrogen (secondary N) is 2. The standard InChI is InChI=1S/C16H20N8.HI/c1-17-16(19-10-15-20-12-22-23(15)2)18-8-13-9-21-24(11-13)14-6-4-3-5-7-14;/h3-7,9,11-12H,8,10H2,1-2H3,(H2,17,18,19);1H. The predicted molar refractivity (Wildman–Crippen MR) is 107 cm³/mol. The third kappa shape index (κ3) is 5.02. The summed E-state index contributed by atoms with van der Waals surface area (Å²) in [5, 5.41) is 14.9. The van der Waals surface area contributed by atoms with E-state index >= 15 is 0 Å². The molecule has 8 nitrogen and oxygen atoms in total. The lowest BCUT2D eigenvalue weighted by molar-refractivity contribution is 0.672. The number of benzene rings is 1. The van der Waals surface area contributed by atoms with Crippen LogP contribution in [-0.4, -0.2) is 37.6 Å². The van der Waals surface area contributed by atoms with Crippen molar-refractivity contribution >= 4 is 29.9 Å². The summed E-state index contributed by atoms with van der Waals surface area (Å²) >= 11 is 0. The maximum absolute atomic E-state index is 4.38. The Morgan fingerprint density at radius 1 is 1.12 bits per heavy atom. The van der Waals surface area contributed by atoms with Gasteiger partial charge in [0, 0.05) is 32.4 Å². The zero-order chi connectivity index (χ0) is 16.8. The third-order valence-electron chi connectivity index (χ3n) is 3.56. The average Bonchev–Trinajstić information content (AvgIpc) is 3.25. The zero-order valence-corrected chi connectivity index (χ0v) is 16.5. The van der Waals surface area contributed by atoms with Gasteiger partial charge in [-0.2, -0.15) is 10.2 Å². The van der Waals surface area contributed by atoms with Crippen LogP contribution in [0.4, 0.5) is 0 Å². The molecule has 0 unspecified atom stereocenters. The summed E-state index contributed by atoms with van der Waals surface area (Å²) in [7, 11) is 3.59. The number of halogens is 1. The van der Waals surface area contributed by atoms with Gasteiger partial charge in [-0.15, -0.1) is 24.0 Å². The van der Waals surface area contributed by atoms with Crippen LogP contribution in [0.25, 0.3) is 5.69 Å². The summed E-state index contributed by atoms with van der Waals surface area (Å²) in [4.78, 5) is 8.38. The number of aromatic nitrogens is 5. The molecule has 0 aliphatic carbocycles. The van der Waals surface area contributed by atoms with Crippen LogP contribution in [0.5, 0.6) is 0 Å². The van der Waals surface area contributed by atoms with E-state index in [1.54, 1.807) is 11.7 Å². The Labute approximate surface area is 163 Å². The second kappa shape index (κ2) is 9.16. The normalized spacial score (nSPS) is 11.0. The minimum Gasteiger partial charge on any atom is -0.352 e. The number of rotatable bonds is 5. The summed E-state index contributed by atoms with van der Waals surface area (Å²) < 4.78 is 3.58.